The van der Waals surface area contributed by atoms with Gasteiger partial charge in [0, 0.05) is 18.5 Å². The van der Waals surface area contributed by atoms with Crippen LogP contribution >= 0.6 is 0 Å². The van der Waals surface area contributed by atoms with Crippen LogP contribution in [0.5, 0.6) is 0 Å². The number of aromatic nitrogens is 2. The maximum absolute atomic E-state index is 10.7. The van der Waals surface area contributed by atoms with Crippen LogP contribution in [0.25, 0.3) is 0 Å². The number of carbonyl (C=O) groups is 1. The van der Waals surface area contributed by atoms with E-state index in [0.29, 0.717) is 6.54 Å². The maximum Gasteiger partial charge on any atom is 0.331 e. The van der Waals surface area contributed by atoms with E-state index in [2.05, 4.69) is 20.0 Å². The molecule has 5 nitrogen and oxygen atoms in total. The average Bonchev–Trinajstić information content (AvgIpc) is 2.24. The van der Waals surface area contributed by atoms with Gasteiger partial charge in [-0.15, -0.1) is 0 Å². The van der Waals surface area contributed by atoms with Crippen LogP contribution in [-0.4, -0.2) is 23.0 Å². The molecular weight excluding hydrogens is 194 g/mol. The van der Waals surface area contributed by atoms with Gasteiger partial charge in [-0.25, -0.2) is 14.8 Å². The Morgan fingerprint density at radius 2 is 2.47 bits per heavy atom. The van der Waals surface area contributed by atoms with Crippen molar-refractivity contribution in [1.29, 1.82) is 0 Å². The van der Waals surface area contributed by atoms with Gasteiger partial charge < -0.3 is 10.1 Å². The fourth-order valence-corrected chi connectivity index (χ4v) is 0.962. The molecule has 0 bridgehead atoms. The molecule has 0 spiro atoms. The molecule has 1 N–H and O–H groups in total. The number of hydrogen-bond donors (Lipinski definition) is 1. The summed E-state index contributed by atoms with van der Waals surface area (Å²) in [5.41, 5.74) is 0.872. The van der Waals surface area contributed by atoms with Gasteiger partial charge in [-0.3, -0.25) is 0 Å². The van der Waals surface area contributed by atoms with Crippen molar-refractivity contribution in [3.05, 3.63) is 36.1 Å². The number of hydrogen-bond acceptors (Lipinski definition) is 5. The third-order valence-corrected chi connectivity index (χ3v) is 1.66. The zero-order valence-electron chi connectivity index (χ0n) is 8.73. The molecule has 0 aromatic carbocycles. The highest BCUT2D eigenvalue weighted by molar-refractivity contribution is 5.81. The van der Waals surface area contributed by atoms with Crippen molar-refractivity contribution < 1.29 is 9.53 Å². The fourth-order valence-electron chi connectivity index (χ4n) is 0.962. The fraction of sp³-hybridized carbons (Fsp3) is 0.300. The summed E-state index contributed by atoms with van der Waals surface area (Å²) in [5.74, 6) is 0.340. The van der Waals surface area contributed by atoms with E-state index in [9.17, 15) is 4.79 Å². The summed E-state index contributed by atoms with van der Waals surface area (Å²) in [6, 6.07) is 1.81. The molecule has 0 fully saturated rings. The van der Waals surface area contributed by atoms with E-state index in [4.69, 9.17) is 0 Å². The molecule has 15 heavy (non-hydrogen) atoms. The molecule has 1 aromatic rings. The molecule has 1 aromatic heterocycles. The summed E-state index contributed by atoms with van der Waals surface area (Å²) < 4.78 is 4.43. The smallest absolute Gasteiger partial charge is 0.331 e. The van der Waals surface area contributed by atoms with E-state index < -0.39 is 0 Å². The van der Waals surface area contributed by atoms with Crippen molar-refractivity contribution in [1.82, 2.24) is 15.3 Å². The minimum absolute atomic E-state index is 0.388. The van der Waals surface area contributed by atoms with Gasteiger partial charge in [-0.1, -0.05) is 0 Å². The van der Waals surface area contributed by atoms with Crippen molar-refractivity contribution in [2.24, 2.45) is 0 Å². The Labute approximate surface area is 88.2 Å². The standard InChI is InChI=1S/C10H13N3O2/c1-8-12-6-3-9(13-8)7-11-5-4-10(14)15-2/h3-6,11H,7H2,1-2H3/b5-4+. The summed E-state index contributed by atoms with van der Waals surface area (Å²) in [6.45, 7) is 2.38. The summed E-state index contributed by atoms with van der Waals surface area (Å²) in [7, 11) is 1.33. The van der Waals surface area contributed by atoms with Crippen LogP contribution in [0.2, 0.25) is 0 Å². The molecule has 5 heteroatoms. The first-order chi connectivity index (χ1) is 7.22. The molecule has 80 valence electrons. The van der Waals surface area contributed by atoms with Crippen LogP contribution in [0.3, 0.4) is 0 Å². The van der Waals surface area contributed by atoms with Gasteiger partial charge in [0.25, 0.3) is 0 Å². The molecular formula is C10H13N3O2. The lowest BCUT2D eigenvalue weighted by atomic mass is 10.4. The Morgan fingerprint density at radius 3 is 3.13 bits per heavy atom. The summed E-state index contributed by atoms with van der Waals surface area (Å²) >= 11 is 0. The predicted octanol–water partition coefficient (Wildman–Crippen LogP) is 0.561. The van der Waals surface area contributed by atoms with Crippen LogP contribution in [0.15, 0.2) is 24.5 Å². The molecule has 0 unspecified atom stereocenters. The molecule has 0 atom stereocenters. The third-order valence-electron chi connectivity index (χ3n) is 1.66. The largest absolute Gasteiger partial charge is 0.466 e. The van der Waals surface area contributed by atoms with Crippen molar-refractivity contribution >= 4 is 5.97 Å². The highest BCUT2D eigenvalue weighted by Gasteiger charge is 1.93. The first-order valence-electron chi connectivity index (χ1n) is 4.49. The third kappa shape index (κ3) is 4.21. The molecule has 0 aliphatic rings. The van der Waals surface area contributed by atoms with Gasteiger partial charge in [0.05, 0.1) is 19.3 Å². The predicted molar refractivity (Wildman–Crippen MR) is 54.8 cm³/mol. The second kappa shape index (κ2) is 5.74. The van der Waals surface area contributed by atoms with E-state index in [0.717, 1.165) is 11.5 Å². The van der Waals surface area contributed by atoms with Gasteiger partial charge >= 0.3 is 5.97 Å². The minimum atomic E-state index is -0.388. The first kappa shape index (κ1) is 11.2. The Hall–Kier alpha value is -1.91. The minimum Gasteiger partial charge on any atom is -0.466 e. The number of aryl methyl sites for hydroxylation is 1. The number of methoxy groups -OCH3 is 1. The topological polar surface area (TPSA) is 64.1 Å². The van der Waals surface area contributed by atoms with Crippen molar-refractivity contribution in [2.45, 2.75) is 13.5 Å². The van der Waals surface area contributed by atoms with Gasteiger partial charge in [-0.2, -0.15) is 0 Å². The molecule has 0 radical (unpaired) electrons. The maximum atomic E-state index is 10.7. The van der Waals surface area contributed by atoms with Gasteiger partial charge in [0.2, 0.25) is 0 Å². The Balaban J connectivity index is 2.38. The van der Waals surface area contributed by atoms with Crippen molar-refractivity contribution in [2.75, 3.05) is 7.11 Å². The lowest BCUT2D eigenvalue weighted by molar-refractivity contribution is -0.134. The molecule has 0 saturated heterocycles. The van der Waals surface area contributed by atoms with Crippen LogP contribution in [-0.2, 0) is 16.1 Å². The first-order valence-corrected chi connectivity index (χ1v) is 4.49. The Bertz CT molecular complexity index is 363. The molecule has 0 amide bonds. The molecule has 0 saturated carbocycles. The van der Waals surface area contributed by atoms with E-state index >= 15 is 0 Å². The monoisotopic (exact) mass is 207 g/mol. The molecule has 1 rings (SSSR count). The highest BCUT2D eigenvalue weighted by atomic mass is 16.5. The van der Waals surface area contributed by atoms with E-state index in [1.54, 1.807) is 6.20 Å². The van der Waals surface area contributed by atoms with Gasteiger partial charge in [0.1, 0.15) is 5.82 Å². The molecule has 0 aliphatic heterocycles. The summed E-state index contributed by atoms with van der Waals surface area (Å²) in [5, 5.41) is 2.92. The quantitative estimate of drug-likeness (QED) is 0.577. The number of ether oxygens (including phenoxy) is 1. The summed E-state index contributed by atoms with van der Waals surface area (Å²) in [6.07, 6.45) is 4.54. The molecule has 1 heterocycles. The number of nitrogens with one attached hydrogen (secondary N) is 1. The summed E-state index contributed by atoms with van der Waals surface area (Å²) in [4.78, 5) is 18.9. The Kier molecular flexibility index (Phi) is 4.28. The SMILES string of the molecule is COC(=O)/C=C/NCc1ccnc(C)n1. The number of rotatable bonds is 4. The average molecular weight is 207 g/mol. The van der Waals surface area contributed by atoms with Crippen LogP contribution in [0.4, 0.5) is 0 Å². The van der Waals surface area contributed by atoms with Gasteiger partial charge in [0.15, 0.2) is 0 Å². The number of carbonyl (C=O) groups excluding carboxylic acids is 1. The van der Waals surface area contributed by atoms with E-state index in [-0.39, 0.29) is 5.97 Å². The van der Waals surface area contributed by atoms with Crippen LogP contribution < -0.4 is 5.32 Å². The molecule has 0 aliphatic carbocycles. The van der Waals surface area contributed by atoms with Crippen molar-refractivity contribution in [3.8, 4) is 0 Å². The van der Waals surface area contributed by atoms with E-state index in [1.807, 2.05) is 13.0 Å². The van der Waals surface area contributed by atoms with Crippen LogP contribution in [0, 0.1) is 6.92 Å². The number of nitrogens with zero attached hydrogens (tertiary/aromatic N) is 2. The Morgan fingerprint density at radius 1 is 1.67 bits per heavy atom. The normalized spacial score (nSPS) is 10.3. The lowest BCUT2D eigenvalue weighted by Gasteiger charge is -2.00. The number of esters is 1. The zero-order chi connectivity index (χ0) is 11.1. The van der Waals surface area contributed by atoms with Crippen molar-refractivity contribution in [3.63, 3.8) is 0 Å². The second-order valence-corrected chi connectivity index (χ2v) is 2.83. The van der Waals surface area contributed by atoms with Crippen LogP contribution in [0.1, 0.15) is 11.5 Å². The lowest BCUT2D eigenvalue weighted by Crippen LogP contribution is -2.08. The highest BCUT2D eigenvalue weighted by Crippen LogP contribution is 1.93. The zero-order valence-corrected chi connectivity index (χ0v) is 8.73. The van der Waals surface area contributed by atoms with E-state index in [1.165, 1.54) is 19.4 Å². The van der Waals surface area contributed by atoms with Gasteiger partial charge in [-0.05, 0) is 13.0 Å². The second-order valence-electron chi connectivity index (χ2n) is 2.83.